The van der Waals surface area contributed by atoms with Gasteiger partial charge in [-0.2, -0.15) is 9.36 Å². The number of hydrogen-bond acceptors (Lipinski definition) is 7. The first-order chi connectivity index (χ1) is 11.5. The van der Waals surface area contributed by atoms with E-state index >= 15 is 0 Å². The molecule has 0 bridgehead atoms. The molecular weight excluding hydrogens is 326 g/mol. The van der Waals surface area contributed by atoms with E-state index in [2.05, 4.69) is 26.5 Å². The Labute approximate surface area is 145 Å². The number of likely N-dealkylation sites (tertiary alicyclic amines) is 1. The molecule has 0 N–H and O–H groups in total. The van der Waals surface area contributed by atoms with Crippen LogP contribution < -0.4 is 0 Å². The molecule has 3 heterocycles. The van der Waals surface area contributed by atoms with Crippen molar-refractivity contribution < 1.29 is 9.32 Å². The van der Waals surface area contributed by atoms with E-state index < -0.39 is 0 Å². The fourth-order valence-electron chi connectivity index (χ4n) is 3.15. The maximum absolute atomic E-state index is 12.7. The number of carbonyl (C=O) groups is 1. The number of rotatable bonds is 4. The van der Waals surface area contributed by atoms with Crippen LogP contribution in [0.25, 0.3) is 0 Å². The predicted octanol–water partition coefficient (Wildman–Crippen LogP) is 2.27. The van der Waals surface area contributed by atoms with E-state index in [-0.39, 0.29) is 5.91 Å². The number of nitrogens with zero attached hydrogens (tertiary/aromatic N) is 5. The molecule has 1 saturated heterocycles. The number of carbonyl (C=O) groups excluding carboxylic acids is 1. The Bertz CT molecular complexity index is 698. The standard InChI is InChI=1S/C16H23N5O2S/c1-11-14(10-24-19-11)16(22)21-7-4-5-13(6-8-21)20(3)9-15-17-12(2)23-18-15/h10,13H,4-9H2,1-3H3/t13-/m0/s1. The zero-order valence-electron chi connectivity index (χ0n) is 14.4. The lowest BCUT2D eigenvalue weighted by atomic mass is 10.1. The normalized spacial score (nSPS) is 18.8. The number of aromatic nitrogens is 3. The maximum Gasteiger partial charge on any atom is 0.256 e. The van der Waals surface area contributed by atoms with Crippen molar-refractivity contribution in [3.05, 3.63) is 28.4 Å². The Balaban J connectivity index is 1.58. The van der Waals surface area contributed by atoms with E-state index in [1.807, 2.05) is 17.2 Å². The minimum Gasteiger partial charge on any atom is -0.340 e. The largest absolute Gasteiger partial charge is 0.340 e. The van der Waals surface area contributed by atoms with Gasteiger partial charge < -0.3 is 9.42 Å². The summed E-state index contributed by atoms with van der Waals surface area (Å²) in [5.74, 6) is 1.42. The molecule has 2 aromatic rings. The zero-order chi connectivity index (χ0) is 17.1. The minimum absolute atomic E-state index is 0.110. The molecule has 1 amide bonds. The molecule has 0 spiro atoms. The second-order valence-electron chi connectivity index (χ2n) is 6.34. The first-order valence-corrected chi connectivity index (χ1v) is 9.08. The topological polar surface area (TPSA) is 75.4 Å². The Morgan fingerprint density at radius 3 is 2.92 bits per heavy atom. The van der Waals surface area contributed by atoms with Crippen molar-refractivity contribution in [1.82, 2.24) is 24.3 Å². The SMILES string of the molecule is Cc1nc(CN(C)[C@H]2CCCN(C(=O)c3csnc3C)CC2)no1. The predicted molar refractivity (Wildman–Crippen MR) is 90.9 cm³/mol. The molecule has 24 heavy (non-hydrogen) atoms. The summed E-state index contributed by atoms with van der Waals surface area (Å²) in [6, 6.07) is 0.420. The van der Waals surface area contributed by atoms with Crippen molar-refractivity contribution in [1.29, 1.82) is 0 Å². The van der Waals surface area contributed by atoms with Gasteiger partial charge in [-0.05, 0) is 44.8 Å². The van der Waals surface area contributed by atoms with Crippen molar-refractivity contribution in [2.75, 3.05) is 20.1 Å². The lowest BCUT2D eigenvalue weighted by molar-refractivity contribution is 0.0757. The summed E-state index contributed by atoms with van der Waals surface area (Å²) in [5.41, 5.74) is 1.57. The average molecular weight is 349 g/mol. The Kier molecular flexibility index (Phi) is 5.25. The molecule has 130 valence electrons. The van der Waals surface area contributed by atoms with Crippen LogP contribution in [0.15, 0.2) is 9.90 Å². The average Bonchev–Trinajstić information content (AvgIpc) is 3.07. The zero-order valence-corrected chi connectivity index (χ0v) is 15.2. The van der Waals surface area contributed by atoms with Crippen LogP contribution in [-0.4, -0.2) is 56.4 Å². The molecule has 0 aliphatic carbocycles. The number of hydrogen-bond donors (Lipinski definition) is 0. The third-order valence-electron chi connectivity index (χ3n) is 4.55. The van der Waals surface area contributed by atoms with Crippen molar-refractivity contribution >= 4 is 17.4 Å². The summed E-state index contributed by atoms with van der Waals surface area (Å²) < 4.78 is 9.24. The van der Waals surface area contributed by atoms with Crippen LogP contribution in [0.2, 0.25) is 0 Å². The van der Waals surface area contributed by atoms with E-state index in [1.165, 1.54) is 11.5 Å². The molecule has 1 fully saturated rings. The van der Waals surface area contributed by atoms with Crippen molar-refractivity contribution in [3.8, 4) is 0 Å². The van der Waals surface area contributed by atoms with Crippen LogP contribution in [0.5, 0.6) is 0 Å². The van der Waals surface area contributed by atoms with E-state index in [0.717, 1.165) is 43.6 Å². The van der Waals surface area contributed by atoms with E-state index in [4.69, 9.17) is 4.52 Å². The van der Waals surface area contributed by atoms with Crippen LogP contribution in [0, 0.1) is 13.8 Å². The molecule has 8 heteroatoms. The second kappa shape index (κ2) is 7.40. The highest BCUT2D eigenvalue weighted by atomic mass is 32.1. The van der Waals surface area contributed by atoms with Gasteiger partial charge in [-0.25, -0.2) is 0 Å². The molecule has 0 unspecified atom stereocenters. The van der Waals surface area contributed by atoms with Crippen LogP contribution in [0.4, 0.5) is 0 Å². The van der Waals surface area contributed by atoms with Crippen molar-refractivity contribution in [3.63, 3.8) is 0 Å². The van der Waals surface area contributed by atoms with Gasteiger partial charge in [-0.3, -0.25) is 9.69 Å². The minimum atomic E-state index is 0.110. The van der Waals surface area contributed by atoms with Gasteiger partial charge in [0.1, 0.15) is 0 Å². The number of amides is 1. The molecular formula is C16H23N5O2S. The lowest BCUT2D eigenvalue weighted by Gasteiger charge is -2.26. The molecule has 2 aromatic heterocycles. The van der Waals surface area contributed by atoms with Gasteiger partial charge in [0.2, 0.25) is 5.89 Å². The van der Waals surface area contributed by atoms with Gasteiger partial charge in [-0.1, -0.05) is 5.16 Å². The third kappa shape index (κ3) is 3.81. The summed E-state index contributed by atoms with van der Waals surface area (Å²) in [5, 5.41) is 5.81. The quantitative estimate of drug-likeness (QED) is 0.843. The van der Waals surface area contributed by atoms with Gasteiger partial charge in [0.15, 0.2) is 5.82 Å². The first kappa shape index (κ1) is 17.0. The summed E-state index contributed by atoms with van der Waals surface area (Å²) in [6.07, 6.45) is 3.02. The van der Waals surface area contributed by atoms with Crippen molar-refractivity contribution in [2.45, 2.75) is 45.7 Å². The van der Waals surface area contributed by atoms with Gasteiger partial charge in [0.05, 0.1) is 17.8 Å². The Hall–Kier alpha value is -1.80. The summed E-state index contributed by atoms with van der Waals surface area (Å²) in [4.78, 5) is 21.1. The van der Waals surface area contributed by atoms with E-state index in [1.54, 1.807) is 6.92 Å². The van der Waals surface area contributed by atoms with Crippen molar-refractivity contribution in [2.24, 2.45) is 0 Å². The van der Waals surface area contributed by atoms with Crippen LogP contribution in [0.1, 0.15) is 47.0 Å². The second-order valence-corrected chi connectivity index (χ2v) is 6.96. The van der Waals surface area contributed by atoms with Gasteiger partial charge in [0, 0.05) is 31.4 Å². The monoisotopic (exact) mass is 349 g/mol. The van der Waals surface area contributed by atoms with Gasteiger partial charge in [0.25, 0.3) is 5.91 Å². The summed E-state index contributed by atoms with van der Waals surface area (Å²) >= 11 is 1.34. The summed E-state index contributed by atoms with van der Waals surface area (Å²) in [6.45, 7) is 5.94. The Morgan fingerprint density at radius 2 is 2.25 bits per heavy atom. The third-order valence-corrected chi connectivity index (χ3v) is 5.27. The molecule has 0 radical (unpaired) electrons. The number of aryl methyl sites for hydroxylation is 2. The van der Waals surface area contributed by atoms with Crippen LogP contribution >= 0.6 is 11.5 Å². The van der Waals surface area contributed by atoms with Gasteiger partial charge >= 0.3 is 0 Å². The summed E-state index contributed by atoms with van der Waals surface area (Å²) in [7, 11) is 2.08. The highest BCUT2D eigenvalue weighted by molar-refractivity contribution is 7.03. The fraction of sp³-hybridized carbons (Fsp3) is 0.625. The smallest absolute Gasteiger partial charge is 0.256 e. The molecule has 0 saturated carbocycles. The lowest BCUT2D eigenvalue weighted by Crippen LogP contribution is -2.35. The van der Waals surface area contributed by atoms with E-state index in [0.29, 0.717) is 24.3 Å². The molecule has 1 atom stereocenters. The molecule has 0 aromatic carbocycles. The highest BCUT2D eigenvalue weighted by Gasteiger charge is 2.25. The van der Waals surface area contributed by atoms with Crippen LogP contribution in [0.3, 0.4) is 0 Å². The van der Waals surface area contributed by atoms with Gasteiger partial charge in [-0.15, -0.1) is 0 Å². The molecule has 3 rings (SSSR count). The molecule has 1 aliphatic heterocycles. The first-order valence-electron chi connectivity index (χ1n) is 8.24. The van der Waals surface area contributed by atoms with Crippen LogP contribution in [-0.2, 0) is 6.54 Å². The Morgan fingerprint density at radius 1 is 1.42 bits per heavy atom. The fourth-order valence-corrected chi connectivity index (χ4v) is 3.83. The molecule has 1 aliphatic rings. The maximum atomic E-state index is 12.7. The van der Waals surface area contributed by atoms with E-state index in [9.17, 15) is 4.79 Å². The molecule has 7 nitrogen and oxygen atoms in total. The highest BCUT2D eigenvalue weighted by Crippen LogP contribution is 2.20.